The Morgan fingerprint density at radius 2 is 1.58 bits per heavy atom. The van der Waals surface area contributed by atoms with Crippen LogP contribution in [-0.4, -0.2) is 139 Å². The van der Waals surface area contributed by atoms with Gasteiger partial charge in [0.2, 0.25) is 5.79 Å². The third-order valence-electron chi connectivity index (χ3n) is 14.4. The summed E-state index contributed by atoms with van der Waals surface area (Å²) in [5.41, 5.74) is 2.36. The first-order valence-electron chi connectivity index (χ1n) is 24.1. The molecule has 67 heavy (non-hydrogen) atoms. The van der Waals surface area contributed by atoms with E-state index < -0.39 is 96.1 Å². The lowest BCUT2D eigenvalue weighted by Gasteiger charge is -2.47. The zero-order valence-electron chi connectivity index (χ0n) is 40.7. The zero-order valence-corrected chi connectivity index (χ0v) is 40.7. The van der Waals surface area contributed by atoms with Crippen molar-refractivity contribution in [2.45, 2.75) is 166 Å². The summed E-state index contributed by atoms with van der Waals surface area (Å²) >= 11 is 0. The van der Waals surface area contributed by atoms with Gasteiger partial charge in [-0.25, -0.2) is 9.59 Å². The van der Waals surface area contributed by atoms with E-state index in [0.29, 0.717) is 50.5 Å². The molecule has 14 atom stereocenters. The number of esters is 1. The second kappa shape index (κ2) is 25.0. The molecule has 2 saturated heterocycles. The Balaban J connectivity index is 1.50. The average molecular weight is 941 g/mol. The summed E-state index contributed by atoms with van der Waals surface area (Å²) in [4.78, 5) is 71.5. The van der Waals surface area contributed by atoms with Crippen LogP contribution in [0.15, 0.2) is 53.6 Å². The van der Waals surface area contributed by atoms with Gasteiger partial charge in [0.25, 0.3) is 11.7 Å². The van der Waals surface area contributed by atoms with Gasteiger partial charge in [0.15, 0.2) is 0 Å². The molecule has 0 aromatic heterocycles. The molecule has 1 aliphatic carbocycles. The van der Waals surface area contributed by atoms with E-state index in [1.54, 1.807) is 27.9 Å². The first kappa shape index (κ1) is 53.9. The van der Waals surface area contributed by atoms with Crippen LogP contribution in [0.1, 0.15) is 111 Å². The number of aliphatic hydroxyl groups is 3. The van der Waals surface area contributed by atoms with Crippen LogP contribution in [0.5, 0.6) is 0 Å². The van der Waals surface area contributed by atoms with Crippen LogP contribution in [0.2, 0.25) is 0 Å². The SMILES string of the molecule is COC1CC(C=C(C)C2OC(=O)C3CCCCN3C(=O)C(=O)C3(O)OC(C(OC)CC(C)CC(C)=CC(CCOC(=O)NCc4ccccc4)C(=O)CC(O)C2C)C(OC)CC3C)CCC1O. The minimum Gasteiger partial charge on any atom is -0.456 e. The molecule has 0 radical (unpaired) electrons. The van der Waals surface area contributed by atoms with Crippen molar-refractivity contribution >= 4 is 29.5 Å². The summed E-state index contributed by atoms with van der Waals surface area (Å²) in [5, 5.41) is 37.3. The number of nitrogens with zero attached hydrogens (tertiary/aromatic N) is 1. The number of alkyl carbamates (subject to hydrolysis) is 1. The summed E-state index contributed by atoms with van der Waals surface area (Å²) < 4.78 is 35.5. The van der Waals surface area contributed by atoms with Gasteiger partial charge in [0.1, 0.15) is 24.0 Å². The van der Waals surface area contributed by atoms with Crippen molar-refractivity contribution in [3.8, 4) is 0 Å². The highest BCUT2D eigenvalue weighted by atomic mass is 16.7. The maximum absolute atomic E-state index is 14.5. The van der Waals surface area contributed by atoms with E-state index in [4.69, 9.17) is 28.4 Å². The summed E-state index contributed by atoms with van der Waals surface area (Å²) in [6.07, 6.45) is 1.31. The number of nitrogens with one attached hydrogen (secondary N) is 1. The number of cyclic esters (lactones) is 1. The average Bonchev–Trinajstić information content (AvgIpc) is 3.31. The molecule has 3 fully saturated rings. The largest absolute Gasteiger partial charge is 0.456 e. The first-order valence-corrected chi connectivity index (χ1v) is 24.1. The lowest BCUT2D eigenvalue weighted by Crippen LogP contribution is -2.64. The van der Waals surface area contributed by atoms with Crippen LogP contribution in [0, 0.1) is 29.6 Å². The fourth-order valence-corrected chi connectivity index (χ4v) is 10.4. The number of hydrogen-bond donors (Lipinski definition) is 4. The van der Waals surface area contributed by atoms with Gasteiger partial charge in [0.05, 0.1) is 37.1 Å². The number of amides is 2. The van der Waals surface area contributed by atoms with Crippen LogP contribution < -0.4 is 5.32 Å². The summed E-state index contributed by atoms with van der Waals surface area (Å²) in [6, 6.07) is 8.20. The van der Waals surface area contributed by atoms with Gasteiger partial charge in [-0.2, -0.15) is 0 Å². The van der Waals surface area contributed by atoms with E-state index in [9.17, 15) is 39.3 Å². The van der Waals surface area contributed by atoms with Gasteiger partial charge in [-0.05, 0) is 101 Å². The van der Waals surface area contributed by atoms with E-state index in [-0.39, 0.29) is 63.0 Å². The number of methoxy groups -OCH3 is 3. The zero-order chi connectivity index (χ0) is 49.0. The Bertz CT molecular complexity index is 1890. The number of ether oxygens (including phenoxy) is 6. The molecule has 3 heterocycles. The predicted octanol–water partition coefficient (Wildman–Crippen LogP) is 5.38. The maximum atomic E-state index is 14.5. The number of carbonyl (C=O) groups excluding carboxylic acids is 5. The Morgan fingerprint density at radius 3 is 2.27 bits per heavy atom. The van der Waals surface area contributed by atoms with E-state index in [0.717, 1.165) is 16.0 Å². The van der Waals surface area contributed by atoms with Crippen LogP contribution in [0.3, 0.4) is 0 Å². The number of Topliss-reactive ketones (excluding diaryl/α,β-unsaturated/α-hetero) is 2. The van der Waals surface area contributed by atoms with Crippen molar-refractivity contribution in [2.75, 3.05) is 34.5 Å². The molecule has 4 aliphatic rings. The fraction of sp³-hybridized carbons (Fsp3) is 0.706. The van der Waals surface area contributed by atoms with Crippen molar-refractivity contribution in [1.29, 1.82) is 0 Å². The van der Waals surface area contributed by atoms with E-state index in [1.165, 1.54) is 14.2 Å². The monoisotopic (exact) mass is 941 g/mol. The second-order valence-electron chi connectivity index (χ2n) is 19.5. The third kappa shape index (κ3) is 14.0. The molecule has 1 aromatic rings. The Labute approximate surface area is 396 Å². The minimum absolute atomic E-state index is 0.0538. The van der Waals surface area contributed by atoms with Gasteiger partial charge in [-0.1, -0.05) is 68.8 Å². The van der Waals surface area contributed by atoms with Crippen LogP contribution >= 0.6 is 0 Å². The summed E-state index contributed by atoms with van der Waals surface area (Å²) in [5.74, 6) is -8.52. The molecule has 2 amide bonds. The Hall–Kier alpha value is -4.03. The number of ketones is 2. The van der Waals surface area contributed by atoms with Crippen LogP contribution in [0.25, 0.3) is 0 Å². The first-order chi connectivity index (χ1) is 31.9. The highest BCUT2D eigenvalue weighted by Crippen LogP contribution is 2.39. The molecule has 14 unspecified atom stereocenters. The normalized spacial score (nSPS) is 35.7. The van der Waals surface area contributed by atoms with Crippen molar-refractivity contribution in [3.63, 3.8) is 0 Å². The second-order valence-corrected chi connectivity index (χ2v) is 19.5. The number of piperidine rings is 1. The van der Waals surface area contributed by atoms with Crippen LogP contribution in [-0.2, 0) is 54.1 Å². The highest BCUT2D eigenvalue weighted by molar-refractivity contribution is 6.39. The number of aliphatic hydroxyl groups excluding tert-OH is 2. The van der Waals surface area contributed by atoms with Gasteiger partial charge < -0.3 is 54.0 Å². The minimum atomic E-state index is -2.56. The quantitative estimate of drug-likeness (QED) is 0.132. The third-order valence-corrected chi connectivity index (χ3v) is 14.4. The number of allylic oxidation sites excluding steroid dienone is 3. The number of fused-ring (bicyclic) bond motifs is 3. The van der Waals surface area contributed by atoms with Gasteiger partial charge >= 0.3 is 12.1 Å². The topological polar surface area (TPSA) is 217 Å². The molecule has 374 valence electrons. The Kier molecular flexibility index (Phi) is 20.1. The summed E-state index contributed by atoms with van der Waals surface area (Å²) in [7, 11) is 4.56. The van der Waals surface area contributed by atoms with Gasteiger partial charge in [0, 0.05) is 58.6 Å². The molecule has 0 spiro atoms. The molecule has 16 heteroatoms. The van der Waals surface area contributed by atoms with Gasteiger partial charge in [-0.3, -0.25) is 14.4 Å². The van der Waals surface area contributed by atoms with E-state index >= 15 is 0 Å². The number of rotatable bonds is 10. The van der Waals surface area contributed by atoms with Crippen molar-refractivity contribution in [2.24, 2.45) is 29.6 Å². The number of hydrogen-bond acceptors (Lipinski definition) is 14. The molecule has 4 N–H and O–H groups in total. The highest BCUT2D eigenvalue weighted by Gasteiger charge is 2.56. The molecule has 1 aromatic carbocycles. The number of benzene rings is 1. The molecular formula is C51H76N2O14. The smallest absolute Gasteiger partial charge is 0.407 e. The van der Waals surface area contributed by atoms with E-state index in [1.807, 2.05) is 56.3 Å². The standard InChI is InChI=1S/C51H76N2O14/c1-30-22-31(2)24-43(63-7)46-44(64-8)26-33(4)51(61,67-46)47(57)48(58)53-20-13-12-16-38(53)49(59)66-45(32(3)25-36-17-18-39(54)42(27-36)62-6)34(5)40(55)28-41(56)37(23-30)19-21-65-50(60)52-29-35-14-10-9-11-15-35/h9-11,14-15,23,25,31,33-34,36-40,42-46,54-55,61H,12-13,16-22,24,26-29H2,1-8H3,(H,52,60). The van der Waals surface area contributed by atoms with Crippen LogP contribution in [0.4, 0.5) is 4.79 Å². The van der Waals surface area contributed by atoms with Crippen molar-refractivity contribution in [3.05, 3.63) is 59.2 Å². The lowest BCUT2D eigenvalue weighted by molar-refractivity contribution is -0.302. The molecule has 5 rings (SSSR count). The molecule has 1 saturated carbocycles. The van der Waals surface area contributed by atoms with E-state index in [2.05, 4.69) is 5.32 Å². The van der Waals surface area contributed by atoms with Gasteiger partial charge in [-0.15, -0.1) is 0 Å². The number of carbonyl (C=O) groups is 5. The summed E-state index contributed by atoms with van der Waals surface area (Å²) in [6.45, 7) is 9.24. The molecular weight excluding hydrogens is 865 g/mol. The molecule has 3 aliphatic heterocycles. The lowest BCUT2D eigenvalue weighted by atomic mass is 9.81. The van der Waals surface area contributed by atoms with Crippen molar-refractivity contribution in [1.82, 2.24) is 10.2 Å². The Morgan fingerprint density at radius 1 is 0.896 bits per heavy atom. The predicted molar refractivity (Wildman–Crippen MR) is 247 cm³/mol. The maximum Gasteiger partial charge on any atom is 0.407 e. The fourth-order valence-electron chi connectivity index (χ4n) is 10.4. The van der Waals surface area contributed by atoms with Crippen molar-refractivity contribution < 1.29 is 67.7 Å². The molecule has 16 nitrogen and oxygen atoms in total. The molecule has 2 bridgehead atoms.